The van der Waals surface area contributed by atoms with Gasteiger partial charge in [-0.15, -0.1) is 0 Å². The fraction of sp³-hybridized carbons (Fsp3) is 0.333. The Morgan fingerprint density at radius 3 is 2.21 bits per heavy atom. The van der Waals surface area contributed by atoms with Crippen LogP contribution < -0.4 is 10.7 Å². The van der Waals surface area contributed by atoms with Crippen molar-refractivity contribution in [3.05, 3.63) is 44.2 Å². The highest BCUT2D eigenvalue weighted by Crippen LogP contribution is 2.25. The van der Waals surface area contributed by atoms with Crippen LogP contribution in [-0.2, 0) is 0 Å². The maximum absolute atomic E-state index is 12.5. The van der Waals surface area contributed by atoms with Gasteiger partial charge in [0.25, 0.3) is 5.91 Å². The van der Waals surface area contributed by atoms with Gasteiger partial charge in [-0.05, 0) is 49.9 Å². The van der Waals surface area contributed by atoms with E-state index in [4.69, 9.17) is 0 Å². The van der Waals surface area contributed by atoms with Gasteiger partial charge < -0.3 is 10.3 Å². The summed E-state index contributed by atoms with van der Waals surface area (Å²) >= 11 is 0. The standard InChI is InChI=1S/C15H18N2O2/c1-7-8(2)10(4)13-12(9(7)3)14(18)11(6-17-13)15(19)16-5/h6H,1-5H3,(H,16,19)(H,17,18). The number of hydrogen-bond donors (Lipinski definition) is 2. The van der Waals surface area contributed by atoms with E-state index in [0.29, 0.717) is 5.39 Å². The lowest BCUT2D eigenvalue weighted by atomic mass is 9.93. The highest BCUT2D eigenvalue weighted by molar-refractivity contribution is 5.98. The summed E-state index contributed by atoms with van der Waals surface area (Å²) in [6.07, 6.45) is 1.49. The number of amides is 1. The van der Waals surface area contributed by atoms with Gasteiger partial charge in [-0.1, -0.05) is 0 Å². The summed E-state index contributed by atoms with van der Waals surface area (Å²) in [6, 6.07) is 0. The Kier molecular flexibility index (Phi) is 3.18. The molecule has 100 valence electrons. The molecule has 0 bridgehead atoms. The molecule has 0 atom stereocenters. The molecule has 0 unspecified atom stereocenters. The van der Waals surface area contributed by atoms with Crippen LogP contribution in [-0.4, -0.2) is 17.9 Å². The highest BCUT2D eigenvalue weighted by Gasteiger charge is 2.16. The van der Waals surface area contributed by atoms with Crippen LogP contribution in [0.4, 0.5) is 0 Å². The molecule has 0 radical (unpaired) electrons. The van der Waals surface area contributed by atoms with Crippen LogP contribution in [0.15, 0.2) is 11.0 Å². The molecule has 0 saturated heterocycles. The quantitative estimate of drug-likeness (QED) is 0.823. The molecule has 0 aliphatic rings. The molecule has 2 aromatic rings. The lowest BCUT2D eigenvalue weighted by Crippen LogP contribution is -2.26. The molecular formula is C15H18N2O2. The van der Waals surface area contributed by atoms with Gasteiger partial charge in [0.05, 0.1) is 5.52 Å². The minimum Gasteiger partial charge on any atom is -0.360 e. The Morgan fingerprint density at radius 1 is 1.05 bits per heavy atom. The summed E-state index contributed by atoms with van der Waals surface area (Å²) in [5.41, 5.74) is 5.03. The maximum Gasteiger partial charge on any atom is 0.256 e. The number of aromatic nitrogens is 1. The van der Waals surface area contributed by atoms with Crippen LogP contribution in [0.1, 0.15) is 32.6 Å². The van der Waals surface area contributed by atoms with Crippen molar-refractivity contribution in [3.63, 3.8) is 0 Å². The van der Waals surface area contributed by atoms with Crippen molar-refractivity contribution in [1.29, 1.82) is 0 Å². The molecule has 1 amide bonds. The van der Waals surface area contributed by atoms with Gasteiger partial charge in [0.2, 0.25) is 5.43 Å². The molecule has 1 aromatic heterocycles. The molecular weight excluding hydrogens is 240 g/mol. The molecule has 0 spiro atoms. The fourth-order valence-electron chi connectivity index (χ4n) is 2.42. The van der Waals surface area contributed by atoms with Crippen LogP contribution in [0.2, 0.25) is 0 Å². The zero-order valence-electron chi connectivity index (χ0n) is 11.9. The van der Waals surface area contributed by atoms with Gasteiger partial charge in [-0.3, -0.25) is 9.59 Å². The maximum atomic E-state index is 12.5. The van der Waals surface area contributed by atoms with Crippen molar-refractivity contribution in [2.45, 2.75) is 27.7 Å². The van der Waals surface area contributed by atoms with Gasteiger partial charge in [0.15, 0.2) is 0 Å². The summed E-state index contributed by atoms with van der Waals surface area (Å²) < 4.78 is 0. The first kappa shape index (κ1) is 13.3. The van der Waals surface area contributed by atoms with E-state index in [0.717, 1.165) is 22.2 Å². The predicted molar refractivity (Wildman–Crippen MR) is 76.9 cm³/mol. The Bertz CT molecular complexity index is 742. The van der Waals surface area contributed by atoms with Crippen LogP contribution >= 0.6 is 0 Å². The second-order valence-corrected chi connectivity index (χ2v) is 4.86. The third-order valence-corrected chi connectivity index (χ3v) is 3.99. The second kappa shape index (κ2) is 4.53. The minimum absolute atomic E-state index is 0.153. The molecule has 4 heteroatoms. The Hall–Kier alpha value is -2.10. The number of aromatic amines is 1. The lowest BCUT2D eigenvalue weighted by Gasteiger charge is -2.14. The molecule has 0 fully saturated rings. The summed E-state index contributed by atoms with van der Waals surface area (Å²) in [5, 5.41) is 3.10. The Labute approximate surface area is 111 Å². The van der Waals surface area contributed by atoms with Crippen LogP contribution in [0.5, 0.6) is 0 Å². The third kappa shape index (κ3) is 1.84. The Balaban J connectivity index is 2.99. The fourth-order valence-corrected chi connectivity index (χ4v) is 2.42. The largest absolute Gasteiger partial charge is 0.360 e. The van der Waals surface area contributed by atoms with Crippen molar-refractivity contribution in [3.8, 4) is 0 Å². The first-order valence-corrected chi connectivity index (χ1v) is 6.24. The number of rotatable bonds is 1. The smallest absolute Gasteiger partial charge is 0.256 e. The van der Waals surface area contributed by atoms with E-state index < -0.39 is 0 Å². The van der Waals surface area contributed by atoms with Gasteiger partial charge in [-0.25, -0.2) is 0 Å². The molecule has 0 aliphatic carbocycles. The van der Waals surface area contributed by atoms with Gasteiger partial charge in [0, 0.05) is 18.6 Å². The topological polar surface area (TPSA) is 62.0 Å². The molecule has 0 saturated carbocycles. The summed E-state index contributed by atoms with van der Waals surface area (Å²) in [6.45, 7) is 7.96. The zero-order chi connectivity index (χ0) is 14.3. The number of aryl methyl sites for hydroxylation is 2. The predicted octanol–water partition coefficient (Wildman–Crippen LogP) is 2.12. The number of pyridine rings is 1. The van der Waals surface area contributed by atoms with Crippen LogP contribution in [0, 0.1) is 27.7 Å². The third-order valence-electron chi connectivity index (χ3n) is 3.99. The van der Waals surface area contributed by atoms with E-state index in [9.17, 15) is 9.59 Å². The summed E-state index contributed by atoms with van der Waals surface area (Å²) in [5.74, 6) is -0.363. The van der Waals surface area contributed by atoms with E-state index >= 15 is 0 Å². The van der Waals surface area contributed by atoms with Crippen molar-refractivity contribution >= 4 is 16.8 Å². The number of fused-ring (bicyclic) bond motifs is 1. The number of hydrogen-bond acceptors (Lipinski definition) is 2. The molecule has 4 nitrogen and oxygen atoms in total. The zero-order valence-corrected chi connectivity index (χ0v) is 11.9. The molecule has 1 heterocycles. The van der Waals surface area contributed by atoms with E-state index in [-0.39, 0.29) is 16.9 Å². The Morgan fingerprint density at radius 2 is 1.63 bits per heavy atom. The number of H-pyrrole nitrogens is 1. The van der Waals surface area contributed by atoms with E-state index in [2.05, 4.69) is 10.3 Å². The lowest BCUT2D eigenvalue weighted by molar-refractivity contribution is 0.0962. The SMILES string of the molecule is CNC(=O)c1c[nH]c2c(C)c(C)c(C)c(C)c2c1=O. The average Bonchev–Trinajstić information content (AvgIpc) is 2.41. The van der Waals surface area contributed by atoms with E-state index in [1.165, 1.54) is 18.8 Å². The first-order chi connectivity index (χ1) is 8.90. The van der Waals surface area contributed by atoms with Crippen molar-refractivity contribution in [2.75, 3.05) is 7.05 Å². The van der Waals surface area contributed by atoms with Crippen molar-refractivity contribution in [2.24, 2.45) is 0 Å². The molecule has 2 N–H and O–H groups in total. The average molecular weight is 258 g/mol. The second-order valence-electron chi connectivity index (χ2n) is 4.86. The molecule has 0 aliphatic heterocycles. The minimum atomic E-state index is -0.363. The van der Waals surface area contributed by atoms with E-state index in [1.54, 1.807) is 0 Å². The van der Waals surface area contributed by atoms with Gasteiger partial charge in [0.1, 0.15) is 5.56 Å². The highest BCUT2D eigenvalue weighted by atomic mass is 16.2. The van der Waals surface area contributed by atoms with Crippen molar-refractivity contribution in [1.82, 2.24) is 10.3 Å². The van der Waals surface area contributed by atoms with E-state index in [1.807, 2.05) is 27.7 Å². The number of nitrogens with one attached hydrogen (secondary N) is 2. The van der Waals surface area contributed by atoms with Gasteiger partial charge >= 0.3 is 0 Å². The monoisotopic (exact) mass is 258 g/mol. The number of carbonyl (C=O) groups is 1. The number of benzene rings is 1. The van der Waals surface area contributed by atoms with Crippen LogP contribution in [0.3, 0.4) is 0 Å². The molecule has 19 heavy (non-hydrogen) atoms. The normalized spacial score (nSPS) is 10.8. The number of carbonyl (C=O) groups excluding carboxylic acids is 1. The van der Waals surface area contributed by atoms with Crippen molar-refractivity contribution < 1.29 is 4.79 Å². The molecule has 1 aromatic carbocycles. The summed E-state index contributed by atoms with van der Waals surface area (Å²) in [7, 11) is 1.52. The first-order valence-electron chi connectivity index (χ1n) is 6.24. The van der Waals surface area contributed by atoms with Gasteiger partial charge in [-0.2, -0.15) is 0 Å². The van der Waals surface area contributed by atoms with Crippen LogP contribution in [0.25, 0.3) is 10.9 Å². The summed E-state index contributed by atoms with van der Waals surface area (Å²) in [4.78, 5) is 27.3. The molecule has 2 rings (SSSR count).